The maximum atomic E-state index is 3.84. The lowest BCUT2D eigenvalue weighted by atomic mass is 9.92. The Balaban J connectivity index is 3.57. The topological polar surface area (TPSA) is 12.0 Å². The van der Waals surface area contributed by atoms with Crippen LogP contribution in [0, 0.1) is 11.8 Å². The quantitative estimate of drug-likeness (QED) is 0.567. The highest BCUT2D eigenvalue weighted by atomic mass is 14.9. The summed E-state index contributed by atoms with van der Waals surface area (Å²) >= 11 is 0. The van der Waals surface area contributed by atoms with Crippen molar-refractivity contribution in [3.05, 3.63) is 24.4 Å². The molecule has 0 aliphatic rings. The average Bonchev–Trinajstić information content (AvgIpc) is 2.17. The minimum atomic E-state index is 0.803. The van der Waals surface area contributed by atoms with Gasteiger partial charge in [-0.15, -0.1) is 0 Å². The molecule has 0 aromatic carbocycles. The van der Waals surface area contributed by atoms with Gasteiger partial charge in [-0.1, -0.05) is 39.5 Å². The van der Waals surface area contributed by atoms with Crippen molar-refractivity contribution in [3.8, 4) is 0 Å². The van der Waals surface area contributed by atoms with Gasteiger partial charge >= 0.3 is 0 Å². The molecule has 94 valence electrons. The Labute approximate surface area is 102 Å². The first-order valence-corrected chi connectivity index (χ1v) is 6.60. The molecule has 0 fully saturated rings. The number of rotatable bonds is 9. The van der Waals surface area contributed by atoms with E-state index in [4.69, 9.17) is 0 Å². The summed E-state index contributed by atoms with van der Waals surface area (Å²) in [6, 6.07) is 0. The summed E-state index contributed by atoms with van der Waals surface area (Å²) in [5, 5.41) is 3.29. The largest absolute Gasteiger partial charge is 0.389 e. The van der Waals surface area contributed by atoms with Crippen LogP contribution in [0.2, 0.25) is 0 Å². The minimum Gasteiger partial charge on any atom is -0.389 e. The molecule has 0 aliphatic carbocycles. The van der Waals surface area contributed by atoms with E-state index in [-0.39, 0.29) is 0 Å². The van der Waals surface area contributed by atoms with Gasteiger partial charge < -0.3 is 5.32 Å². The third-order valence-electron chi connectivity index (χ3n) is 2.81. The second-order valence-electron chi connectivity index (χ2n) is 5.06. The van der Waals surface area contributed by atoms with E-state index in [1.165, 1.54) is 19.3 Å². The molecule has 0 saturated carbocycles. The molecule has 0 amide bonds. The summed E-state index contributed by atoms with van der Waals surface area (Å²) in [4.78, 5) is 0. The fourth-order valence-corrected chi connectivity index (χ4v) is 1.93. The van der Waals surface area contributed by atoms with E-state index < -0.39 is 0 Å². The van der Waals surface area contributed by atoms with Crippen LogP contribution in [0.5, 0.6) is 0 Å². The van der Waals surface area contributed by atoms with E-state index in [1.807, 2.05) is 6.92 Å². The van der Waals surface area contributed by atoms with Crippen LogP contribution in [0.4, 0.5) is 0 Å². The fourth-order valence-electron chi connectivity index (χ4n) is 1.93. The lowest BCUT2D eigenvalue weighted by Gasteiger charge is -2.16. The van der Waals surface area contributed by atoms with Crippen molar-refractivity contribution in [2.75, 3.05) is 6.54 Å². The number of nitrogens with one attached hydrogen (secondary N) is 1. The SMILES string of the molecule is C=C(C)NCCC(C)CC(C)C/C=C\CC. The van der Waals surface area contributed by atoms with Crippen LogP contribution < -0.4 is 5.32 Å². The lowest BCUT2D eigenvalue weighted by Crippen LogP contribution is -2.15. The summed E-state index contributed by atoms with van der Waals surface area (Å²) in [6.45, 7) is 13.8. The van der Waals surface area contributed by atoms with Crippen molar-refractivity contribution in [1.82, 2.24) is 5.32 Å². The molecule has 0 bridgehead atoms. The Morgan fingerprint density at radius 2 is 1.94 bits per heavy atom. The number of hydrogen-bond donors (Lipinski definition) is 1. The third-order valence-corrected chi connectivity index (χ3v) is 2.81. The Kier molecular flexibility index (Phi) is 9.07. The first-order chi connectivity index (χ1) is 7.56. The van der Waals surface area contributed by atoms with Gasteiger partial charge in [0.1, 0.15) is 0 Å². The van der Waals surface area contributed by atoms with Crippen LogP contribution in [0.15, 0.2) is 24.4 Å². The maximum Gasteiger partial charge on any atom is 0.0146 e. The molecule has 0 rings (SSSR count). The van der Waals surface area contributed by atoms with Gasteiger partial charge in [-0.3, -0.25) is 0 Å². The van der Waals surface area contributed by atoms with E-state index >= 15 is 0 Å². The predicted octanol–water partition coefficient (Wildman–Crippen LogP) is 4.52. The van der Waals surface area contributed by atoms with Crippen molar-refractivity contribution in [2.45, 2.75) is 53.4 Å². The Morgan fingerprint density at radius 3 is 2.50 bits per heavy atom. The van der Waals surface area contributed by atoms with Gasteiger partial charge in [-0.2, -0.15) is 0 Å². The molecule has 0 saturated heterocycles. The average molecular weight is 223 g/mol. The van der Waals surface area contributed by atoms with Crippen molar-refractivity contribution < 1.29 is 0 Å². The number of allylic oxidation sites excluding steroid dienone is 3. The highest BCUT2D eigenvalue weighted by Gasteiger charge is 2.07. The van der Waals surface area contributed by atoms with E-state index in [9.17, 15) is 0 Å². The van der Waals surface area contributed by atoms with Crippen molar-refractivity contribution in [1.29, 1.82) is 0 Å². The first kappa shape index (κ1) is 15.3. The van der Waals surface area contributed by atoms with Gasteiger partial charge in [0.25, 0.3) is 0 Å². The summed E-state index contributed by atoms with van der Waals surface area (Å²) in [7, 11) is 0. The molecule has 0 aliphatic heterocycles. The smallest absolute Gasteiger partial charge is 0.0146 e. The van der Waals surface area contributed by atoms with Crippen molar-refractivity contribution in [2.24, 2.45) is 11.8 Å². The molecular weight excluding hydrogens is 194 g/mol. The summed E-state index contributed by atoms with van der Waals surface area (Å²) in [5.74, 6) is 1.61. The standard InChI is InChI=1S/C15H29N/c1-6-7-8-9-14(4)12-15(5)10-11-16-13(2)3/h7-8,14-16H,2,6,9-12H2,1,3-5H3/b8-7-. The van der Waals surface area contributed by atoms with Gasteiger partial charge in [0.2, 0.25) is 0 Å². The highest BCUT2D eigenvalue weighted by Crippen LogP contribution is 2.18. The first-order valence-electron chi connectivity index (χ1n) is 6.60. The molecule has 1 N–H and O–H groups in total. The summed E-state index contributed by atoms with van der Waals surface area (Å²) in [5.41, 5.74) is 1.08. The summed E-state index contributed by atoms with van der Waals surface area (Å²) in [6.07, 6.45) is 9.55. The zero-order chi connectivity index (χ0) is 12.4. The minimum absolute atomic E-state index is 0.803. The molecule has 2 atom stereocenters. The van der Waals surface area contributed by atoms with E-state index in [2.05, 4.69) is 44.8 Å². The molecule has 16 heavy (non-hydrogen) atoms. The van der Waals surface area contributed by atoms with Crippen molar-refractivity contribution >= 4 is 0 Å². The summed E-state index contributed by atoms with van der Waals surface area (Å²) < 4.78 is 0. The Bertz CT molecular complexity index is 205. The van der Waals surface area contributed by atoms with E-state index in [0.717, 1.165) is 30.5 Å². The molecule has 0 heterocycles. The molecule has 0 spiro atoms. The second kappa shape index (κ2) is 9.50. The second-order valence-corrected chi connectivity index (χ2v) is 5.06. The van der Waals surface area contributed by atoms with Gasteiger partial charge in [-0.25, -0.2) is 0 Å². The Morgan fingerprint density at radius 1 is 1.25 bits per heavy atom. The predicted molar refractivity (Wildman–Crippen MR) is 74.4 cm³/mol. The highest BCUT2D eigenvalue weighted by molar-refractivity contribution is 4.84. The Hall–Kier alpha value is -0.720. The van der Waals surface area contributed by atoms with E-state index in [1.54, 1.807) is 0 Å². The van der Waals surface area contributed by atoms with E-state index in [0.29, 0.717) is 0 Å². The molecule has 0 aromatic heterocycles. The van der Waals surface area contributed by atoms with Gasteiger partial charge in [-0.05, 0) is 44.4 Å². The molecule has 2 unspecified atom stereocenters. The van der Waals surface area contributed by atoms with Crippen LogP contribution in [0.3, 0.4) is 0 Å². The monoisotopic (exact) mass is 223 g/mol. The fraction of sp³-hybridized carbons (Fsp3) is 0.733. The van der Waals surface area contributed by atoms with Crippen molar-refractivity contribution in [3.63, 3.8) is 0 Å². The zero-order valence-corrected chi connectivity index (χ0v) is 11.6. The van der Waals surface area contributed by atoms with Crippen LogP contribution in [-0.2, 0) is 0 Å². The maximum absolute atomic E-state index is 3.84. The van der Waals surface area contributed by atoms with Gasteiger partial charge in [0.05, 0.1) is 0 Å². The molecular formula is C15H29N. The lowest BCUT2D eigenvalue weighted by molar-refractivity contribution is 0.394. The molecule has 1 heteroatoms. The van der Waals surface area contributed by atoms with Gasteiger partial charge in [0, 0.05) is 12.2 Å². The van der Waals surface area contributed by atoms with Crippen LogP contribution in [0.1, 0.15) is 53.4 Å². The normalized spacial score (nSPS) is 15.0. The van der Waals surface area contributed by atoms with Crippen LogP contribution >= 0.6 is 0 Å². The molecule has 0 aromatic rings. The van der Waals surface area contributed by atoms with Crippen LogP contribution in [0.25, 0.3) is 0 Å². The molecule has 1 nitrogen and oxygen atoms in total. The zero-order valence-electron chi connectivity index (χ0n) is 11.6. The molecule has 0 radical (unpaired) electrons. The van der Waals surface area contributed by atoms with Gasteiger partial charge in [0.15, 0.2) is 0 Å². The van der Waals surface area contributed by atoms with Crippen LogP contribution in [-0.4, -0.2) is 6.54 Å². The third kappa shape index (κ3) is 9.82. The number of hydrogen-bond acceptors (Lipinski definition) is 1.